The summed E-state index contributed by atoms with van der Waals surface area (Å²) in [6.07, 6.45) is 2.83. The highest BCUT2D eigenvalue weighted by atomic mass is 35.5. The number of piperidine rings is 2. The minimum absolute atomic E-state index is 0.120. The highest BCUT2D eigenvalue weighted by molar-refractivity contribution is 6.32. The number of imidazole rings is 2. The van der Waals surface area contributed by atoms with Crippen molar-refractivity contribution in [3.05, 3.63) is 83.7 Å². The fourth-order valence-electron chi connectivity index (χ4n) is 9.43. The van der Waals surface area contributed by atoms with Gasteiger partial charge in [-0.3, -0.25) is 9.59 Å². The number of hydrogen-bond donors (Lipinski definition) is 4. The molecule has 8 atom stereocenters. The Labute approximate surface area is 352 Å². The maximum Gasteiger partial charge on any atom is 0.407 e. The van der Waals surface area contributed by atoms with Crippen molar-refractivity contribution in [2.45, 2.75) is 89.7 Å². The van der Waals surface area contributed by atoms with Crippen LogP contribution in [0, 0.1) is 23.7 Å². The Bertz CT molecular complexity index is 2500. The summed E-state index contributed by atoms with van der Waals surface area (Å²) >= 11 is 6.75. The van der Waals surface area contributed by atoms with E-state index in [4.69, 9.17) is 36.8 Å². The number of likely N-dealkylation sites (tertiary alicyclic amines) is 2. The van der Waals surface area contributed by atoms with Gasteiger partial charge in [-0.05, 0) is 83.4 Å². The molecular weight excluding hydrogens is 784 g/mol. The van der Waals surface area contributed by atoms with E-state index in [9.17, 15) is 19.2 Å². The Kier molecular flexibility index (Phi) is 10.1. The molecule has 2 saturated heterocycles. The fourth-order valence-corrected chi connectivity index (χ4v) is 9.67. The van der Waals surface area contributed by atoms with Gasteiger partial charge in [-0.25, -0.2) is 19.6 Å². The zero-order valence-corrected chi connectivity index (χ0v) is 34.9. The third kappa shape index (κ3) is 7.24. The van der Waals surface area contributed by atoms with Crippen LogP contribution in [0.4, 0.5) is 9.59 Å². The molecule has 0 spiro atoms. The van der Waals surface area contributed by atoms with Crippen molar-refractivity contribution in [3.63, 3.8) is 0 Å². The summed E-state index contributed by atoms with van der Waals surface area (Å²) in [6.45, 7) is 7.49. The molecule has 3 aromatic carbocycles. The maximum absolute atomic E-state index is 13.8. The van der Waals surface area contributed by atoms with Crippen molar-refractivity contribution in [2.24, 2.45) is 29.4 Å². The normalized spacial score (nSPS) is 23.7. The van der Waals surface area contributed by atoms with Crippen LogP contribution in [0.15, 0.2) is 66.9 Å². The summed E-state index contributed by atoms with van der Waals surface area (Å²) in [4.78, 5) is 71.3. The number of rotatable bonds is 11. The van der Waals surface area contributed by atoms with Crippen molar-refractivity contribution in [1.82, 2.24) is 35.1 Å². The van der Waals surface area contributed by atoms with Crippen molar-refractivity contribution in [1.29, 1.82) is 0 Å². The van der Waals surface area contributed by atoms with Gasteiger partial charge in [0.05, 0.1) is 30.6 Å². The van der Waals surface area contributed by atoms with Gasteiger partial charge in [0.15, 0.2) is 11.3 Å². The zero-order valence-electron chi connectivity index (χ0n) is 34.1. The molecule has 0 unspecified atom stereocenters. The van der Waals surface area contributed by atoms with E-state index in [1.807, 2.05) is 55.8 Å². The molecule has 15 heteroatoms. The summed E-state index contributed by atoms with van der Waals surface area (Å²) in [5, 5.41) is 5.20. The molecule has 5 aromatic rings. The van der Waals surface area contributed by atoms with Gasteiger partial charge in [-0.2, -0.15) is 0 Å². The summed E-state index contributed by atoms with van der Waals surface area (Å²) in [7, 11) is 1.29. The molecule has 2 aliphatic heterocycles. The third-order valence-corrected chi connectivity index (χ3v) is 13.0. The van der Waals surface area contributed by atoms with Crippen molar-refractivity contribution in [2.75, 3.05) is 7.11 Å². The average Bonchev–Trinajstić information content (AvgIpc) is 3.88. The molecule has 4 fully saturated rings. The Hall–Kier alpha value is -5.89. The molecule has 60 heavy (non-hydrogen) atoms. The molecule has 9 rings (SSSR count). The Balaban J connectivity index is 0.896. The first-order valence-electron chi connectivity index (χ1n) is 20.7. The summed E-state index contributed by atoms with van der Waals surface area (Å²) in [5.74, 6) is 1.46. The quantitative estimate of drug-likeness (QED) is 0.104. The first-order chi connectivity index (χ1) is 28.8. The molecule has 0 bridgehead atoms. The second-order valence-electron chi connectivity index (χ2n) is 17.4. The van der Waals surface area contributed by atoms with Gasteiger partial charge < -0.3 is 40.3 Å². The molecule has 4 heterocycles. The number of H-pyrrole nitrogens is 2. The van der Waals surface area contributed by atoms with E-state index in [1.165, 1.54) is 7.11 Å². The number of benzene rings is 3. The number of carbonyl (C=O) groups is 4. The lowest BCUT2D eigenvalue weighted by atomic mass is 9.98. The molecular formula is C45H49ClN8O6. The number of ether oxygens (including phenoxy) is 2. The number of nitrogens with one attached hydrogen (secondary N) is 3. The lowest BCUT2D eigenvalue weighted by Crippen LogP contribution is -2.52. The van der Waals surface area contributed by atoms with E-state index in [2.05, 4.69) is 63.8 Å². The van der Waals surface area contributed by atoms with Crippen molar-refractivity contribution in [3.8, 4) is 33.6 Å². The predicted octanol–water partition coefficient (Wildman–Crippen LogP) is 7.76. The maximum atomic E-state index is 13.8. The van der Waals surface area contributed by atoms with Crippen LogP contribution in [0.5, 0.6) is 0 Å². The number of alkyl carbamates (subject to hydrolysis) is 1. The van der Waals surface area contributed by atoms with Gasteiger partial charge in [0.2, 0.25) is 5.91 Å². The number of fused-ring (bicyclic) bond motifs is 3. The van der Waals surface area contributed by atoms with E-state index >= 15 is 0 Å². The topological polar surface area (TPSA) is 189 Å². The van der Waals surface area contributed by atoms with Crippen LogP contribution >= 0.6 is 11.6 Å². The standard InChI is InChI=1S/C45H49ClN8O6/c1-21(2)36(51-45(58)59-5)42(55)53-32-16-30(32)19-35(53)41-50-37(39(46)52-41)24-8-6-23(7-9-24)25-10-11-27-15-28(13-12-26(27)14-25)31-20-48-40(49-31)34-18-29-17-33(29)54(34)43(56)38(22(3)4)60-44(47)57/h6-15,20-22,29-30,32-36,38H,16-19H2,1-5H3,(H2,47,57)(H,48,49)(H,50,52)(H,51,58)/t29-,30-,32-,33-,34+,35+,36+,38+/m1/s1. The van der Waals surface area contributed by atoms with E-state index in [0.29, 0.717) is 28.5 Å². The molecule has 5 N–H and O–H groups in total. The summed E-state index contributed by atoms with van der Waals surface area (Å²) in [5.41, 5.74) is 10.7. The Morgan fingerprint density at radius 2 is 1.35 bits per heavy atom. The molecule has 4 aliphatic rings. The number of halogens is 1. The van der Waals surface area contributed by atoms with E-state index in [-0.39, 0.29) is 47.8 Å². The number of primary amides is 1. The van der Waals surface area contributed by atoms with Gasteiger partial charge in [-0.15, -0.1) is 0 Å². The smallest absolute Gasteiger partial charge is 0.407 e. The number of nitrogens with two attached hydrogens (primary N) is 1. The summed E-state index contributed by atoms with van der Waals surface area (Å²) in [6, 6.07) is 19.8. The fraction of sp³-hybridized carbons (Fsp3) is 0.422. The molecule has 0 radical (unpaired) electrons. The Morgan fingerprint density at radius 1 is 0.767 bits per heavy atom. The van der Waals surface area contributed by atoms with Crippen molar-refractivity contribution >= 4 is 46.4 Å². The first kappa shape index (κ1) is 39.6. The number of aromatic nitrogens is 4. The Morgan fingerprint density at radius 3 is 1.97 bits per heavy atom. The monoisotopic (exact) mass is 832 g/mol. The van der Waals surface area contributed by atoms with Crippen LogP contribution in [0.3, 0.4) is 0 Å². The highest BCUT2D eigenvalue weighted by Gasteiger charge is 2.57. The molecule has 2 aliphatic carbocycles. The van der Waals surface area contributed by atoms with Crippen LogP contribution < -0.4 is 11.1 Å². The van der Waals surface area contributed by atoms with Crippen LogP contribution in [-0.2, 0) is 19.1 Å². The minimum Gasteiger partial charge on any atom is -0.453 e. The summed E-state index contributed by atoms with van der Waals surface area (Å²) < 4.78 is 10.1. The number of hydrogen-bond acceptors (Lipinski definition) is 8. The second kappa shape index (κ2) is 15.3. The van der Waals surface area contributed by atoms with E-state index in [1.54, 1.807) is 0 Å². The molecule has 4 amide bonds. The van der Waals surface area contributed by atoms with Gasteiger partial charge in [-0.1, -0.05) is 87.8 Å². The van der Waals surface area contributed by atoms with E-state index in [0.717, 1.165) is 70.2 Å². The SMILES string of the molecule is COC(=O)N[C@H](C(=O)N1[C@@H]2C[C@@H]2C[C@H]1c1nc(Cl)c(-c2ccc(-c3ccc4cc(-c5c[nH]c([C@@H]6C[C@H]7C[C@H]7N6C(=O)[C@@H](OC(N)=O)C(C)C)n5)ccc4c3)cc2)[nH]1)C(C)C. The zero-order chi connectivity index (χ0) is 42.1. The largest absolute Gasteiger partial charge is 0.453 e. The van der Waals surface area contributed by atoms with Crippen LogP contribution in [0.25, 0.3) is 44.4 Å². The third-order valence-electron chi connectivity index (χ3n) is 12.8. The average molecular weight is 833 g/mol. The van der Waals surface area contributed by atoms with E-state index < -0.39 is 24.3 Å². The molecule has 14 nitrogen and oxygen atoms in total. The lowest BCUT2D eigenvalue weighted by molar-refractivity contribution is -0.144. The first-order valence-corrected chi connectivity index (χ1v) is 21.1. The van der Waals surface area contributed by atoms with Crippen molar-refractivity contribution < 1.29 is 28.7 Å². The van der Waals surface area contributed by atoms with Gasteiger partial charge in [0.25, 0.3) is 5.91 Å². The molecule has 2 saturated carbocycles. The number of nitrogens with zero attached hydrogens (tertiary/aromatic N) is 4. The number of aromatic amines is 2. The van der Waals surface area contributed by atoms with Crippen LogP contribution in [-0.4, -0.2) is 85.1 Å². The molecule has 312 valence electrons. The van der Waals surface area contributed by atoms with Crippen LogP contribution in [0.1, 0.15) is 77.1 Å². The highest BCUT2D eigenvalue weighted by Crippen LogP contribution is 2.55. The van der Waals surface area contributed by atoms with Gasteiger partial charge in [0.1, 0.15) is 17.7 Å². The predicted molar refractivity (Wildman–Crippen MR) is 225 cm³/mol. The number of amides is 4. The minimum atomic E-state index is -0.953. The number of methoxy groups -OCH3 is 1. The van der Waals surface area contributed by atoms with Gasteiger partial charge in [0, 0.05) is 29.4 Å². The second-order valence-corrected chi connectivity index (χ2v) is 17.8. The van der Waals surface area contributed by atoms with Gasteiger partial charge >= 0.3 is 12.2 Å². The number of carbonyl (C=O) groups excluding carboxylic acids is 4. The lowest BCUT2D eigenvalue weighted by Gasteiger charge is -2.31. The van der Waals surface area contributed by atoms with Crippen LogP contribution in [0.2, 0.25) is 5.15 Å². The molecule has 2 aromatic heterocycles.